The van der Waals surface area contributed by atoms with E-state index in [2.05, 4.69) is 0 Å². The Bertz CT molecular complexity index is 452. The molecule has 2 aromatic rings. The molecule has 1 aromatic carbocycles. The van der Waals surface area contributed by atoms with Crippen molar-refractivity contribution < 1.29 is 9.52 Å². The summed E-state index contributed by atoms with van der Waals surface area (Å²) in [6.45, 7) is 0.144. The summed E-state index contributed by atoms with van der Waals surface area (Å²) in [5.41, 5.74) is 5.35. The molecule has 0 spiro atoms. The minimum Gasteiger partial charge on any atom is -0.465 e. The van der Waals surface area contributed by atoms with Gasteiger partial charge in [0.1, 0.15) is 11.9 Å². The molecule has 1 heterocycles. The molecule has 1 unspecified atom stereocenters. The van der Waals surface area contributed by atoms with E-state index < -0.39 is 6.10 Å². The highest BCUT2D eigenvalue weighted by atomic mass is 35.5. The molecule has 0 bridgehead atoms. The van der Waals surface area contributed by atoms with Crippen LogP contribution in [0.25, 0.3) is 10.8 Å². The molecule has 0 aliphatic heterocycles. The van der Waals surface area contributed by atoms with Crippen molar-refractivity contribution in [3.8, 4) is 0 Å². The normalized spacial score (nSPS) is 13.4. The zero-order chi connectivity index (χ0) is 10.1. The van der Waals surface area contributed by atoms with Crippen LogP contribution < -0.4 is 5.73 Å². The fourth-order valence-electron chi connectivity index (χ4n) is 1.41. The summed E-state index contributed by atoms with van der Waals surface area (Å²) in [5, 5.41) is 11.9. The van der Waals surface area contributed by atoms with Crippen LogP contribution in [0.3, 0.4) is 0 Å². The highest BCUT2D eigenvalue weighted by Gasteiger charge is 2.13. The van der Waals surface area contributed by atoms with Gasteiger partial charge in [-0.3, -0.25) is 0 Å². The molecular formula is C10H10ClNO2. The van der Waals surface area contributed by atoms with Crippen molar-refractivity contribution in [2.24, 2.45) is 5.73 Å². The molecule has 0 aliphatic rings. The lowest BCUT2D eigenvalue weighted by atomic mass is 10.1. The minimum atomic E-state index is -0.756. The maximum absolute atomic E-state index is 9.53. The first-order valence-electron chi connectivity index (χ1n) is 4.27. The van der Waals surface area contributed by atoms with Gasteiger partial charge in [-0.15, -0.1) is 0 Å². The maximum atomic E-state index is 9.53. The van der Waals surface area contributed by atoms with Crippen LogP contribution >= 0.6 is 11.6 Å². The van der Waals surface area contributed by atoms with E-state index in [-0.39, 0.29) is 6.54 Å². The van der Waals surface area contributed by atoms with Crippen molar-refractivity contribution >= 4 is 22.4 Å². The second-order valence-corrected chi connectivity index (χ2v) is 3.52. The Hall–Kier alpha value is -1.03. The SMILES string of the molecule is NCC(O)c1occ2cc(Cl)ccc12. The van der Waals surface area contributed by atoms with E-state index in [0.29, 0.717) is 10.8 Å². The summed E-state index contributed by atoms with van der Waals surface area (Å²) in [6.07, 6.45) is 0.809. The Morgan fingerprint density at radius 1 is 1.50 bits per heavy atom. The van der Waals surface area contributed by atoms with Gasteiger partial charge in [0.25, 0.3) is 0 Å². The lowest BCUT2D eigenvalue weighted by Crippen LogP contribution is -2.10. The molecule has 1 aromatic heterocycles. The highest BCUT2D eigenvalue weighted by molar-refractivity contribution is 6.31. The van der Waals surface area contributed by atoms with Gasteiger partial charge in [0, 0.05) is 22.3 Å². The van der Waals surface area contributed by atoms with Gasteiger partial charge in [0.2, 0.25) is 0 Å². The summed E-state index contributed by atoms with van der Waals surface area (Å²) in [4.78, 5) is 0. The zero-order valence-corrected chi connectivity index (χ0v) is 8.16. The number of benzene rings is 1. The second kappa shape index (κ2) is 3.61. The number of rotatable bonds is 2. The first kappa shape index (κ1) is 9.52. The van der Waals surface area contributed by atoms with Gasteiger partial charge < -0.3 is 15.3 Å². The summed E-state index contributed by atoms with van der Waals surface area (Å²) in [6, 6.07) is 5.36. The average molecular weight is 212 g/mol. The number of hydrogen-bond donors (Lipinski definition) is 2. The van der Waals surface area contributed by atoms with E-state index >= 15 is 0 Å². The Morgan fingerprint density at radius 3 is 3.00 bits per heavy atom. The first-order valence-corrected chi connectivity index (χ1v) is 4.65. The largest absolute Gasteiger partial charge is 0.465 e. The molecule has 14 heavy (non-hydrogen) atoms. The van der Waals surface area contributed by atoms with Crippen molar-refractivity contribution in [3.63, 3.8) is 0 Å². The van der Waals surface area contributed by atoms with Crippen molar-refractivity contribution in [2.45, 2.75) is 6.10 Å². The molecule has 0 aliphatic carbocycles. The van der Waals surface area contributed by atoms with Crippen LogP contribution in [-0.2, 0) is 0 Å². The molecule has 1 atom stereocenters. The van der Waals surface area contributed by atoms with Gasteiger partial charge in [-0.2, -0.15) is 0 Å². The Kier molecular flexibility index (Phi) is 2.46. The van der Waals surface area contributed by atoms with Crippen molar-refractivity contribution in [3.05, 3.63) is 35.2 Å². The smallest absolute Gasteiger partial charge is 0.141 e. The van der Waals surface area contributed by atoms with E-state index in [1.54, 1.807) is 18.4 Å². The van der Waals surface area contributed by atoms with Gasteiger partial charge in [-0.05, 0) is 18.2 Å². The van der Waals surface area contributed by atoms with Crippen LogP contribution in [0.4, 0.5) is 0 Å². The summed E-state index contributed by atoms with van der Waals surface area (Å²) in [7, 11) is 0. The second-order valence-electron chi connectivity index (χ2n) is 3.08. The van der Waals surface area contributed by atoms with Crippen LogP contribution in [0.5, 0.6) is 0 Å². The zero-order valence-electron chi connectivity index (χ0n) is 7.40. The number of nitrogens with two attached hydrogens (primary N) is 1. The fourth-order valence-corrected chi connectivity index (χ4v) is 1.59. The monoisotopic (exact) mass is 211 g/mol. The topological polar surface area (TPSA) is 59.4 Å². The molecule has 2 rings (SSSR count). The minimum absolute atomic E-state index is 0.144. The summed E-state index contributed by atoms with van der Waals surface area (Å²) in [5.74, 6) is 0.499. The van der Waals surface area contributed by atoms with Crippen LogP contribution in [0.1, 0.15) is 11.9 Å². The van der Waals surface area contributed by atoms with E-state index in [9.17, 15) is 5.11 Å². The number of fused-ring (bicyclic) bond motifs is 1. The molecule has 0 fully saturated rings. The van der Waals surface area contributed by atoms with Crippen molar-refractivity contribution in [2.75, 3.05) is 6.54 Å². The third kappa shape index (κ3) is 1.50. The number of aliphatic hydroxyl groups excluding tert-OH is 1. The number of furan rings is 1. The highest BCUT2D eigenvalue weighted by Crippen LogP contribution is 2.28. The third-order valence-corrected chi connectivity index (χ3v) is 2.35. The fraction of sp³-hybridized carbons (Fsp3) is 0.200. The van der Waals surface area contributed by atoms with Crippen LogP contribution in [0, 0.1) is 0 Å². The molecule has 0 amide bonds. The Morgan fingerprint density at radius 2 is 2.29 bits per heavy atom. The Balaban J connectivity index is 2.58. The summed E-state index contributed by atoms with van der Waals surface area (Å²) < 4.78 is 5.23. The third-order valence-electron chi connectivity index (χ3n) is 2.12. The number of aliphatic hydroxyl groups is 1. The quantitative estimate of drug-likeness (QED) is 0.800. The molecule has 0 saturated carbocycles. The molecule has 4 heteroatoms. The van der Waals surface area contributed by atoms with E-state index in [4.69, 9.17) is 21.8 Å². The van der Waals surface area contributed by atoms with E-state index in [1.165, 1.54) is 0 Å². The van der Waals surface area contributed by atoms with Gasteiger partial charge in [-0.1, -0.05) is 11.6 Å². The molecule has 3 N–H and O–H groups in total. The van der Waals surface area contributed by atoms with Crippen molar-refractivity contribution in [1.29, 1.82) is 0 Å². The van der Waals surface area contributed by atoms with Crippen LogP contribution in [-0.4, -0.2) is 11.7 Å². The summed E-state index contributed by atoms with van der Waals surface area (Å²) >= 11 is 5.81. The molecule has 0 radical (unpaired) electrons. The Labute approximate surface area is 86.1 Å². The van der Waals surface area contributed by atoms with Crippen LogP contribution in [0.2, 0.25) is 5.02 Å². The van der Waals surface area contributed by atoms with Gasteiger partial charge in [0.15, 0.2) is 0 Å². The lowest BCUT2D eigenvalue weighted by Gasteiger charge is -2.03. The van der Waals surface area contributed by atoms with E-state index in [1.807, 2.05) is 6.07 Å². The number of hydrogen-bond acceptors (Lipinski definition) is 3. The molecule has 0 saturated heterocycles. The molecule has 74 valence electrons. The van der Waals surface area contributed by atoms with E-state index in [0.717, 1.165) is 10.8 Å². The molecular weight excluding hydrogens is 202 g/mol. The maximum Gasteiger partial charge on any atom is 0.141 e. The predicted octanol–water partition coefficient (Wildman–Crippen LogP) is 2.08. The van der Waals surface area contributed by atoms with Gasteiger partial charge in [0.05, 0.1) is 6.26 Å². The number of halogens is 1. The molecule has 3 nitrogen and oxygen atoms in total. The average Bonchev–Trinajstić information content (AvgIpc) is 2.59. The van der Waals surface area contributed by atoms with Gasteiger partial charge >= 0.3 is 0 Å². The first-order chi connectivity index (χ1) is 6.72. The predicted molar refractivity (Wildman–Crippen MR) is 55.2 cm³/mol. The lowest BCUT2D eigenvalue weighted by molar-refractivity contribution is 0.160. The van der Waals surface area contributed by atoms with Crippen molar-refractivity contribution in [1.82, 2.24) is 0 Å². The van der Waals surface area contributed by atoms with Gasteiger partial charge in [-0.25, -0.2) is 0 Å². The standard InChI is InChI=1S/C10H10ClNO2/c11-7-1-2-8-6(3-7)5-14-10(8)9(13)4-12/h1-3,5,9,13H,4,12H2. The van der Waals surface area contributed by atoms with Crippen LogP contribution in [0.15, 0.2) is 28.9 Å².